The van der Waals surface area contributed by atoms with E-state index < -0.39 is 0 Å². The molecule has 1 aliphatic heterocycles. The van der Waals surface area contributed by atoms with E-state index >= 15 is 0 Å². The zero-order valence-electron chi connectivity index (χ0n) is 16.9. The molecule has 1 amide bonds. The van der Waals surface area contributed by atoms with E-state index in [2.05, 4.69) is 23.3 Å². The monoisotopic (exact) mass is 397 g/mol. The molecule has 1 atom stereocenters. The molecule has 0 saturated carbocycles. The minimum Gasteiger partial charge on any atom is -0.338 e. The van der Waals surface area contributed by atoms with Crippen molar-refractivity contribution in [1.82, 2.24) is 14.9 Å². The molecule has 3 aromatic rings. The van der Waals surface area contributed by atoms with Gasteiger partial charge in [0.15, 0.2) is 0 Å². The molecule has 1 saturated heterocycles. The van der Waals surface area contributed by atoms with Crippen molar-refractivity contribution < 1.29 is 4.79 Å². The zero-order valence-corrected chi connectivity index (χ0v) is 16.9. The molecule has 4 rings (SSSR count). The van der Waals surface area contributed by atoms with Gasteiger partial charge in [-0.05, 0) is 62.2 Å². The second-order valence-corrected chi connectivity index (χ2v) is 7.58. The first kappa shape index (κ1) is 19.6. The minimum atomic E-state index is -0.00347. The third-order valence-corrected chi connectivity index (χ3v) is 5.37. The van der Waals surface area contributed by atoms with Crippen molar-refractivity contribution in [2.75, 3.05) is 18.4 Å². The summed E-state index contributed by atoms with van der Waals surface area (Å²) < 4.78 is 0. The highest BCUT2D eigenvalue weighted by Crippen LogP contribution is 2.27. The van der Waals surface area contributed by atoms with Crippen molar-refractivity contribution in [2.45, 2.75) is 25.7 Å². The molecule has 150 valence electrons. The summed E-state index contributed by atoms with van der Waals surface area (Å²) in [6.45, 7) is 3.41. The van der Waals surface area contributed by atoms with E-state index in [1.165, 1.54) is 5.56 Å². The second-order valence-electron chi connectivity index (χ2n) is 7.58. The maximum Gasteiger partial charge on any atom is 0.253 e. The van der Waals surface area contributed by atoms with E-state index in [4.69, 9.17) is 10.2 Å². The van der Waals surface area contributed by atoms with E-state index in [0.29, 0.717) is 23.6 Å². The lowest BCUT2D eigenvalue weighted by Crippen LogP contribution is -2.39. The molecule has 2 heterocycles. The van der Waals surface area contributed by atoms with Crippen LogP contribution in [0.15, 0.2) is 60.8 Å². The number of amides is 1. The lowest BCUT2D eigenvalue weighted by molar-refractivity contribution is 0.0706. The SMILES string of the molecule is Cc1ccc(Nc2nccc(C3CCCN(C(=O)c4ccc(C#N)cc4)C3)n2)cc1. The number of rotatable bonds is 4. The van der Waals surface area contributed by atoms with Gasteiger partial charge in [0, 0.05) is 36.5 Å². The lowest BCUT2D eigenvalue weighted by atomic mass is 9.94. The number of nitrogens with zero attached hydrogens (tertiary/aromatic N) is 4. The molecule has 1 fully saturated rings. The first-order chi connectivity index (χ1) is 14.6. The molecule has 1 aliphatic rings. The number of hydrogen-bond donors (Lipinski definition) is 1. The first-order valence-corrected chi connectivity index (χ1v) is 10.1. The minimum absolute atomic E-state index is 0.00347. The van der Waals surface area contributed by atoms with Crippen molar-refractivity contribution in [3.05, 3.63) is 83.2 Å². The number of benzene rings is 2. The first-order valence-electron chi connectivity index (χ1n) is 10.1. The average molecular weight is 397 g/mol. The largest absolute Gasteiger partial charge is 0.338 e. The molecule has 0 spiro atoms. The Balaban J connectivity index is 1.46. The second kappa shape index (κ2) is 8.75. The quantitative estimate of drug-likeness (QED) is 0.705. The molecule has 1 unspecified atom stereocenters. The van der Waals surface area contributed by atoms with Gasteiger partial charge in [-0.1, -0.05) is 17.7 Å². The van der Waals surface area contributed by atoms with Gasteiger partial charge in [-0.3, -0.25) is 4.79 Å². The van der Waals surface area contributed by atoms with Crippen LogP contribution in [-0.2, 0) is 0 Å². The fraction of sp³-hybridized carbons (Fsp3) is 0.250. The molecule has 0 bridgehead atoms. The summed E-state index contributed by atoms with van der Waals surface area (Å²) >= 11 is 0. The van der Waals surface area contributed by atoms with Crippen molar-refractivity contribution in [3.8, 4) is 6.07 Å². The fourth-order valence-corrected chi connectivity index (χ4v) is 3.70. The van der Waals surface area contributed by atoms with E-state index in [9.17, 15) is 4.79 Å². The van der Waals surface area contributed by atoms with Crippen molar-refractivity contribution >= 4 is 17.5 Å². The highest BCUT2D eigenvalue weighted by Gasteiger charge is 2.26. The summed E-state index contributed by atoms with van der Waals surface area (Å²) in [6, 6.07) is 18.9. The molecular weight excluding hydrogens is 374 g/mol. The summed E-state index contributed by atoms with van der Waals surface area (Å²) in [4.78, 5) is 23.8. The molecule has 6 heteroatoms. The van der Waals surface area contributed by atoms with Crippen molar-refractivity contribution in [2.24, 2.45) is 0 Å². The van der Waals surface area contributed by atoms with Gasteiger partial charge >= 0.3 is 0 Å². The van der Waals surface area contributed by atoms with Gasteiger partial charge < -0.3 is 10.2 Å². The van der Waals surface area contributed by atoms with Crippen LogP contribution in [0.2, 0.25) is 0 Å². The standard InChI is InChI=1S/C24H23N5O/c1-17-4-10-21(11-5-17)27-24-26-13-12-22(28-24)20-3-2-14-29(16-20)23(30)19-8-6-18(15-25)7-9-19/h4-13,20H,2-3,14,16H2,1H3,(H,26,27,28). The van der Waals surface area contributed by atoms with Crippen LogP contribution in [0.5, 0.6) is 0 Å². The van der Waals surface area contributed by atoms with Gasteiger partial charge in [0.2, 0.25) is 5.95 Å². The van der Waals surface area contributed by atoms with Gasteiger partial charge in [0.05, 0.1) is 17.3 Å². The summed E-state index contributed by atoms with van der Waals surface area (Å²) in [5.41, 5.74) is 4.25. The van der Waals surface area contributed by atoms with Crippen LogP contribution >= 0.6 is 0 Å². The van der Waals surface area contributed by atoms with E-state index in [0.717, 1.165) is 30.8 Å². The number of anilines is 2. The third-order valence-electron chi connectivity index (χ3n) is 5.37. The van der Waals surface area contributed by atoms with Crippen LogP contribution in [0.3, 0.4) is 0 Å². The lowest BCUT2D eigenvalue weighted by Gasteiger charge is -2.32. The number of carbonyl (C=O) groups excluding carboxylic acids is 1. The normalized spacial score (nSPS) is 16.0. The number of likely N-dealkylation sites (tertiary alicyclic amines) is 1. The molecule has 30 heavy (non-hydrogen) atoms. The fourth-order valence-electron chi connectivity index (χ4n) is 3.70. The Hall–Kier alpha value is -3.72. The topological polar surface area (TPSA) is 81.9 Å². The maximum atomic E-state index is 12.9. The maximum absolute atomic E-state index is 12.9. The number of nitriles is 1. The highest BCUT2D eigenvalue weighted by molar-refractivity contribution is 5.94. The Morgan fingerprint density at radius 1 is 1.13 bits per heavy atom. The van der Waals surface area contributed by atoms with Crippen LogP contribution in [0, 0.1) is 18.3 Å². The van der Waals surface area contributed by atoms with E-state index in [-0.39, 0.29) is 11.8 Å². The summed E-state index contributed by atoms with van der Waals surface area (Å²) in [7, 11) is 0. The Morgan fingerprint density at radius 3 is 2.63 bits per heavy atom. The Labute approximate surface area is 176 Å². The Bertz CT molecular complexity index is 1070. The van der Waals surface area contributed by atoms with Crippen molar-refractivity contribution in [3.63, 3.8) is 0 Å². The van der Waals surface area contributed by atoms with Crippen LogP contribution < -0.4 is 5.32 Å². The summed E-state index contributed by atoms with van der Waals surface area (Å²) in [6.07, 6.45) is 3.68. The molecule has 0 radical (unpaired) electrons. The smallest absolute Gasteiger partial charge is 0.253 e. The number of aromatic nitrogens is 2. The summed E-state index contributed by atoms with van der Waals surface area (Å²) in [5.74, 6) is 0.728. The molecule has 1 N–H and O–H groups in total. The predicted molar refractivity (Wildman–Crippen MR) is 116 cm³/mol. The van der Waals surface area contributed by atoms with Crippen molar-refractivity contribution in [1.29, 1.82) is 5.26 Å². The van der Waals surface area contributed by atoms with Gasteiger partial charge in [-0.2, -0.15) is 5.26 Å². The van der Waals surface area contributed by atoms with Gasteiger partial charge in [-0.15, -0.1) is 0 Å². The van der Waals surface area contributed by atoms with Crippen LogP contribution in [0.4, 0.5) is 11.6 Å². The van der Waals surface area contributed by atoms with E-state index in [1.807, 2.05) is 35.2 Å². The third kappa shape index (κ3) is 4.47. The van der Waals surface area contributed by atoms with Gasteiger partial charge in [0.1, 0.15) is 0 Å². The van der Waals surface area contributed by atoms with Gasteiger partial charge in [-0.25, -0.2) is 9.97 Å². The number of piperidine rings is 1. The number of hydrogen-bond acceptors (Lipinski definition) is 5. The van der Waals surface area contributed by atoms with Crippen LogP contribution in [0.25, 0.3) is 0 Å². The zero-order chi connectivity index (χ0) is 20.9. The molecule has 6 nitrogen and oxygen atoms in total. The van der Waals surface area contributed by atoms with Crippen LogP contribution in [-0.4, -0.2) is 33.9 Å². The highest BCUT2D eigenvalue weighted by atomic mass is 16.2. The Morgan fingerprint density at radius 2 is 1.90 bits per heavy atom. The predicted octanol–water partition coefficient (Wildman–Crippen LogP) is 4.42. The Kier molecular flexibility index (Phi) is 5.71. The molecule has 2 aromatic carbocycles. The average Bonchev–Trinajstić information content (AvgIpc) is 2.80. The molecule has 1 aromatic heterocycles. The number of nitrogens with one attached hydrogen (secondary N) is 1. The summed E-state index contributed by atoms with van der Waals surface area (Å²) in [5, 5.41) is 12.2. The molecular formula is C24H23N5O. The molecule has 0 aliphatic carbocycles. The number of aryl methyl sites for hydroxylation is 1. The van der Waals surface area contributed by atoms with Gasteiger partial charge in [0.25, 0.3) is 5.91 Å². The number of carbonyl (C=O) groups is 1. The van der Waals surface area contributed by atoms with Crippen LogP contribution in [0.1, 0.15) is 45.9 Å². The van der Waals surface area contributed by atoms with E-state index in [1.54, 1.807) is 30.5 Å².